The highest BCUT2D eigenvalue weighted by atomic mass is 32.2. The molecule has 3 heteroatoms. The summed E-state index contributed by atoms with van der Waals surface area (Å²) in [6.07, 6.45) is 7.18. The van der Waals surface area contributed by atoms with Crippen molar-refractivity contribution in [1.29, 1.82) is 0 Å². The molecule has 0 bridgehead atoms. The Morgan fingerprint density at radius 2 is 2.12 bits per heavy atom. The molecule has 16 heavy (non-hydrogen) atoms. The first-order chi connectivity index (χ1) is 7.79. The molecule has 0 aromatic rings. The summed E-state index contributed by atoms with van der Waals surface area (Å²) >= 11 is 2.09. The molecule has 0 radical (unpaired) electrons. The largest absolute Gasteiger partial charge is 0.315 e. The van der Waals surface area contributed by atoms with Crippen molar-refractivity contribution in [3.05, 3.63) is 0 Å². The minimum Gasteiger partial charge on any atom is -0.315 e. The van der Waals surface area contributed by atoms with Crippen LogP contribution < -0.4 is 10.6 Å². The Hall–Kier alpha value is 0.270. The zero-order chi connectivity index (χ0) is 11.3. The zero-order valence-electron chi connectivity index (χ0n) is 10.6. The van der Waals surface area contributed by atoms with Gasteiger partial charge in [-0.2, -0.15) is 11.8 Å². The SMILES string of the molecule is CC1(CNCC2CSCCN2)CCCCC1. The molecule has 1 aliphatic carbocycles. The van der Waals surface area contributed by atoms with Crippen molar-refractivity contribution in [2.75, 3.05) is 31.1 Å². The molecule has 1 saturated carbocycles. The fourth-order valence-electron chi connectivity index (χ4n) is 2.88. The van der Waals surface area contributed by atoms with Gasteiger partial charge >= 0.3 is 0 Å². The van der Waals surface area contributed by atoms with Gasteiger partial charge in [0.1, 0.15) is 0 Å². The molecule has 1 heterocycles. The van der Waals surface area contributed by atoms with E-state index in [0.717, 1.165) is 6.54 Å². The van der Waals surface area contributed by atoms with Crippen LogP contribution in [0.5, 0.6) is 0 Å². The third kappa shape index (κ3) is 3.94. The second kappa shape index (κ2) is 6.27. The van der Waals surface area contributed by atoms with Gasteiger partial charge in [-0.05, 0) is 18.3 Å². The molecule has 2 N–H and O–H groups in total. The Labute approximate surface area is 104 Å². The van der Waals surface area contributed by atoms with E-state index in [1.54, 1.807) is 0 Å². The molecule has 2 aliphatic rings. The topological polar surface area (TPSA) is 24.1 Å². The van der Waals surface area contributed by atoms with Gasteiger partial charge in [-0.1, -0.05) is 26.2 Å². The molecular weight excluding hydrogens is 216 g/mol. The van der Waals surface area contributed by atoms with Crippen LogP contribution in [0.15, 0.2) is 0 Å². The highest BCUT2D eigenvalue weighted by Crippen LogP contribution is 2.34. The lowest BCUT2D eigenvalue weighted by atomic mass is 9.76. The summed E-state index contributed by atoms with van der Waals surface area (Å²) < 4.78 is 0. The third-order valence-corrected chi connectivity index (χ3v) is 5.13. The smallest absolute Gasteiger partial charge is 0.0283 e. The van der Waals surface area contributed by atoms with Gasteiger partial charge in [0.05, 0.1) is 0 Å². The molecule has 1 aliphatic heterocycles. The zero-order valence-corrected chi connectivity index (χ0v) is 11.4. The van der Waals surface area contributed by atoms with E-state index in [9.17, 15) is 0 Å². The number of nitrogens with one attached hydrogen (secondary N) is 2. The Bertz CT molecular complexity index is 196. The van der Waals surface area contributed by atoms with Gasteiger partial charge in [-0.3, -0.25) is 0 Å². The molecule has 2 nitrogen and oxygen atoms in total. The van der Waals surface area contributed by atoms with Crippen LogP contribution >= 0.6 is 11.8 Å². The van der Waals surface area contributed by atoms with Gasteiger partial charge in [0, 0.05) is 37.2 Å². The van der Waals surface area contributed by atoms with E-state index in [4.69, 9.17) is 0 Å². The predicted molar refractivity (Wildman–Crippen MR) is 73.2 cm³/mol. The summed E-state index contributed by atoms with van der Waals surface area (Å²) in [5.74, 6) is 2.57. The van der Waals surface area contributed by atoms with E-state index < -0.39 is 0 Å². The summed E-state index contributed by atoms with van der Waals surface area (Å²) in [7, 11) is 0. The second-order valence-electron chi connectivity index (χ2n) is 5.73. The average Bonchev–Trinajstić information content (AvgIpc) is 2.31. The molecule has 94 valence electrons. The van der Waals surface area contributed by atoms with Gasteiger partial charge in [-0.25, -0.2) is 0 Å². The van der Waals surface area contributed by atoms with Crippen LogP contribution in [0.2, 0.25) is 0 Å². The lowest BCUT2D eigenvalue weighted by Crippen LogP contribution is -2.46. The van der Waals surface area contributed by atoms with Crippen molar-refractivity contribution in [1.82, 2.24) is 10.6 Å². The summed E-state index contributed by atoms with van der Waals surface area (Å²) in [4.78, 5) is 0. The molecule has 0 aromatic heterocycles. The lowest BCUT2D eigenvalue weighted by Gasteiger charge is -2.34. The second-order valence-corrected chi connectivity index (χ2v) is 6.88. The summed E-state index contributed by atoms with van der Waals surface area (Å²) in [6.45, 7) is 6.02. The molecule has 0 spiro atoms. The van der Waals surface area contributed by atoms with Crippen molar-refractivity contribution >= 4 is 11.8 Å². The highest BCUT2D eigenvalue weighted by Gasteiger charge is 2.26. The van der Waals surface area contributed by atoms with Crippen LogP contribution in [-0.4, -0.2) is 37.2 Å². The van der Waals surface area contributed by atoms with Gasteiger partial charge in [-0.15, -0.1) is 0 Å². The van der Waals surface area contributed by atoms with Crippen LogP contribution in [0.25, 0.3) is 0 Å². The molecular formula is C13H26N2S. The van der Waals surface area contributed by atoms with Gasteiger partial charge < -0.3 is 10.6 Å². The lowest BCUT2D eigenvalue weighted by molar-refractivity contribution is 0.206. The van der Waals surface area contributed by atoms with Crippen LogP contribution in [0, 0.1) is 5.41 Å². The maximum absolute atomic E-state index is 3.69. The number of thioether (sulfide) groups is 1. The quantitative estimate of drug-likeness (QED) is 0.791. The number of rotatable bonds is 4. The summed E-state index contributed by atoms with van der Waals surface area (Å²) in [5.41, 5.74) is 0.583. The fraction of sp³-hybridized carbons (Fsp3) is 1.00. The number of hydrogen-bond acceptors (Lipinski definition) is 3. The standard InChI is InChI=1S/C13H26N2S/c1-13(5-3-2-4-6-13)11-14-9-12-10-16-8-7-15-12/h12,14-15H,2-11H2,1H3. The summed E-state index contributed by atoms with van der Waals surface area (Å²) in [6, 6.07) is 0.700. The molecule has 0 aromatic carbocycles. The maximum atomic E-state index is 3.69. The number of hydrogen-bond donors (Lipinski definition) is 2. The average molecular weight is 242 g/mol. The molecule has 0 amide bonds. The molecule has 1 saturated heterocycles. The van der Waals surface area contributed by atoms with E-state index in [1.165, 1.54) is 56.7 Å². The van der Waals surface area contributed by atoms with Crippen molar-refractivity contribution in [2.24, 2.45) is 5.41 Å². The van der Waals surface area contributed by atoms with Crippen LogP contribution in [0.1, 0.15) is 39.0 Å². The Kier molecular flexibility index (Phi) is 4.98. The summed E-state index contributed by atoms with van der Waals surface area (Å²) in [5, 5.41) is 7.28. The van der Waals surface area contributed by atoms with Crippen molar-refractivity contribution < 1.29 is 0 Å². The van der Waals surface area contributed by atoms with E-state index in [-0.39, 0.29) is 0 Å². The molecule has 1 atom stereocenters. The van der Waals surface area contributed by atoms with Gasteiger partial charge in [0.25, 0.3) is 0 Å². The first-order valence-electron chi connectivity index (χ1n) is 6.80. The first-order valence-corrected chi connectivity index (χ1v) is 7.96. The van der Waals surface area contributed by atoms with Crippen LogP contribution in [-0.2, 0) is 0 Å². The van der Waals surface area contributed by atoms with E-state index in [2.05, 4.69) is 29.3 Å². The van der Waals surface area contributed by atoms with E-state index in [1.807, 2.05) is 0 Å². The Morgan fingerprint density at radius 3 is 2.81 bits per heavy atom. The monoisotopic (exact) mass is 242 g/mol. The molecule has 1 unspecified atom stereocenters. The van der Waals surface area contributed by atoms with Crippen molar-refractivity contribution in [2.45, 2.75) is 45.1 Å². The molecule has 2 fully saturated rings. The van der Waals surface area contributed by atoms with Crippen LogP contribution in [0.3, 0.4) is 0 Å². The predicted octanol–water partition coefficient (Wildman–Crippen LogP) is 2.25. The maximum Gasteiger partial charge on any atom is 0.0283 e. The van der Waals surface area contributed by atoms with Crippen molar-refractivity contribution in [3.8, 4) is 0 Å². The van der Waals surface area contributed by atoms with Crippen molar-refractivity contribution in [3.63, 3.8) is 0 Å². The fourth-order valence-corrected chi connectivity index (χ4v) is 3.83. The van der Waals surface area contributed by atoms with Crippen LogP contribution in [0.4, 0.5) is 0 Å². The first kappa shape index (κ1) is 12.7. The highest BCUT2D eigenvalue weighted by molar-refractivity contribution is 7.99. The van der Waals surface area contributed by atoms with Gasteiger partial charge in [0.15, 0.2) is 0 Å². The normalized spacial score (nSPS) is 30.2. The van der Waals surface area contributed by atoms with E-state index in [0.29, 0.717) is 11.5 Å². The Morgan fingerprint density at radius 1 is 1.31 bits per heavy atom. The third-order valence-electron chi connectivity index (χ3n) is 4.00. The minimum atomic E-state index is 0.583. The molecule has 2 rings (SSSR count). The van der Waals surface area contributed by atoms with E-state index >= 15 is 0 Å². The van der Waals surface area contributed by atoms with Gasteiger partial charge in [0.2, 0.25) is 0 Å². The Balaban J connectivity index is 1.62. The minimum absolute atomic E-state index is 0.583.